The molecule has 4 rings (SSSR count). The Kier molecular flexibility index (Phi) is 10.2. The van der Waals surface area contributed by atoms with Gasteiger partial charge < -0.3 is 9.80 Å². The first-order chi connectivity index (χ1) is 17.1. The van der Waals surface area contributed by atoms with Gasteiger partial charge in [-0.05, 0) is 79.6 Å². The van der Waals surface area contributed by atoms with Gasteiger partial charge in [0.05, 0.1) is 6.26 Å². The molecular weight excluding hydrogens is 486 g/mol. The molecule has 0 aliphatic carbocycles. The van der Waals surface area contributed by atoms with Gasteiger partial charge in [0.25, 0.3) is 10.1 Å². The molecule has 2 saturated heterocycles. The van der Waals surface area contributed by atoms with E-state index in [1.807, 2.05) is 4.90 Å². The zero-order valence-corrected chi connectivity index (χ0v) is 21.4. The molecule has 0 bridgehead atoms. The molecule has 0 spiro atoms. The van der Waals surface area contributed by atoms with E-state index in [2.05, 4.69) is 4.90 Å². The lowest BCUT2D eigenvalue weighted by atomic mass is 9.88. The van der Waals surface area contributed by atoms with Crippen molar-refractivity contribution in [3.63, 3.8) is 0 Å². The van der Waals surface area contributed by atoms with E-state index in [1.54, 1.807) is 24.3 Å². The summed E-state index contributed by atoms with van der Waals surface area (Å²) in [4.78, 5) is 16.7. The molecule has 196 valence electrons. The standard InChI is InChI=1S/C26H30F2N2O.CH4O3S/c27-23-9-5-20(6-10-23)26(21-7-11-24(28)12-8-21)22-13-18-29(19-14-22)15-3-4-25(31)30-16-1-2-17-30;1-5(2,3)4/h5-12H,1-4,13-19H2;1H3,(H,2,3,4). The molecule has 9 heteroatoms. The quantitative estimate of drug-likeness (QED) is 0.556. The third-order valence-electron chi connectivity index (χ3n) is 6.40. The van der Waals surface area contributed by atoms with Crippen LogP contribution in [0.5, 0.6) is 0 Å². The van der Waals surface area contributed by atoms with Crippen LogP contribution >= 0.6 is 0 Å². The largest absolute Gasteiger partial charge is 0.343 e. The smallest absolute Gasteiger partial charge is 0.261 e. The monoisotopic (exact) mass is 520 g/mol. The SMILES string of the molecule is CS(=O)(=O)O.O=C(CCCN1CCC(=C(c2ccc(F)cc2)c2ccc(F)cc2)CC1)N1CCCC1. The Morgan fingerprint density at radius 3 is 1.75 bits per heavy atom. The first-order valence-corrected chi connectivity index (χ1v) is 14.1. The summed E-state index contributed by atoms with van der Waals surface area (Å²) in [6, 6.07) is 13.1. The van der Waals surface area contributed by atoms with Gasteiger partial charge in [-0.25, -0.2) is 8.78 Å². The molecule has 0 unspecified atom stereocenters. The number of amides is 1. The van der Waals surface area contributed by atoms with Crippen molar-refractivity contribution >= 4 is 21.6 Å². The highest BCUT2D eigenvalue weighted by molar-refractivity contribution is 7.85. The molecule has 0 radical (unpaired) electrons. The molecule has 2 aliphatic rings. The van der Waals surface area contributed by atoms with Gasteiger partial charge in [0.1, 0.15) is 11.6 Å². The van der Waals surface area contributed by atoms with E-state index in [9.17, 15) is 22.0 Å². The van der Waals surface area contributed by atoms with E-state index in [1.165, 1.54) is 29.8 Å². The maximum absolute atomic E-state index is 13.5. The minimum atomic E-state index is -3.67. The molecule has 1 amide bonds. The number of rotatable bonds is 6. The summed E-state index contributed by atoms with van der Waals surface area (Å²) in [5.41, 5.74) is 4.34. The Morgan fingerprint density at radius 2 is 1.31 bits per heavy atom. The van der Waals surface area contributed by atoms with Gasteiger partial charge in [0, 0.05) is 32.6 Å². The van der Waals surface area contributed by atoms with Crippen molar-refractivity contribution in [3.05, 3.63) is 76.9 Å². The fraction of sp³-hybridized carbons (Fsp3) is 0.444. The van der Waals surface area contributed by atoms with Gasteiger partial charge in [0.2, 0.25) is 5.91 Å². The minimum Gasteiger partial charge on any atom is -0.343 e. The molecule has 36 heavy (non-hydrogen) atoms. The molecule has 0 saturated carbocycles. The molecule has 2 aliphatic heterocycles. The summed E-state index contributed by atoms with van der Waals surface area (Å²) in [6.45, 7) is 4.67. The fourth-order valence-electron chi connectivity index (χ4n) is 4.68. The van der Waals surface area contributed by atoms with E-state index in [0.717, 1.165) is 81.5 Å². The van der Waals surface area contributed by atoms with Crippen molar-refractivity contribution in [2.75, 3.05) is 39.0 Å². The number of piperidine rings is 1. The molecule has 2 fully saturated rings. The lowest BCUT2D eigenvalue weighted by Gasteiger charge is -2.30. The predicted octanol–water partition coefficient (Wildman–Crippen LogP) is 4.77. The number of carbonyl (C=O) groups excluding carboxylic acids is 1. The first kappa shape index (κ1) is 28.0. The van der Waals surface area contributed by atoms with Gasteiger partial charge in [-0.3, -0.25) is 9.35 Å². The molecule has 0 aromatic heterocycles. The molecule has 2 aromatic carbocycles. The summed E-state index contributed by atoms with van der Waals surface area (Å²) in [7, 11) is -3.67. The van der Waals surface area contributed by atoms with Crippen LogP contribution in [0.25, 0.3) is 5.57 Å². The second kappa shape index (κ2) is 13.1. The van der Waals surface area contributed by atoms with Gasteiger partial charge in [-0.2, -0.15) is 8.42 Å². The van der Waals surface area contributed by atoms with Gasteiger partial charge >= 0.3 is 0 Å². The van der Waals surface area contributed by atoms with Crippen molar-refractivity contribution in [2.45, 2.75) is 38.5 Å². The number of carbonyl (C=O) groups is 1. The van der Waals surface area contributed by atoms with Crippen LogP contribution in [0.1, 0.15) is 49.7 Å². The first-order valence-electron chi connectivity index (χ1n) is 12.3. The summed E-state index contributed by atoms with van der Waals surface area (Å²) in [6.07, 6.45) is 6.36. The van der Waals surface area contributed by atoms with Crippen molar-refractivity contribution in [2.24, 2.45) is 0 Å². The second-order valence-electron chi connectivity index (χ2n) is 9.26. The average Bonchev–Trinajstić information content (AvgIpc) is 3.37. The Labute approximate surface area is 212 Å². The Bertz CT molecular complexity index is 1080. The Balaban J connectivity index is 0.000000658. The Hall–Kier alpha value is -2.62. The zero-order chi connectivity index (χ0) is 26.1. The van der Waals surface area contributed by atoms with Crippen LogP contribution in [-0.4, -0.2) is 67.7 Å². The summed E-state index contributed by atoms with van der Waals surface area (Å²) in [5.74, 6) is -0.221. The summed E-state index contributed by atoms with van der Waals surface area (Å²) >= 11 is 0. The van der Waals surface area contributed by atoms with Crippen LogP contribution in [0.4, 0.5) is 8.78 Å². The summed E-state index contributed by atoms with van der Waals surface area (Å²) < 4.78 is 52.8. The average molecular weight is 521 g/mol. The molecule has 6 nitrogen and oxygen atoms in total. The highest BCUT2D eigenvalue weighted by atomic mass is 32.2. The molecule has 2 heterocycles. The topological polar surface area (TPSA) is 77.9 Å². The third-order valence-corrected chi connectivity index (χ3v) is 6.40. The van der Waals surface area contributed by atoms with E-state index in [4.69, 9.17) is 4.55 Å². The maximum Gasteiger partial charge on any atom is 0.261 e. The van der Waals surface area contributed by atoms with Crippen LogP contribution in [0.15, 0.2) is 54.1 Å². The van der Waals surface area contributed by atoms with E-state index < -0.39 is 10.1 Å². The van der Waals surface area contributed by atoms with Crippen molar-refractivity contribution in [3.8, 4) is 0 Å². The highest BCUT2D eigenvalue weighted by Gasteiger charge is 2.21. The number of likely N-dealkylation sites (tertiary alicyclic amines) is 2. The number of hydrogen-bond acceptors (Lipinski definition) is 4. The predicted molar refractivity (Wildman–Crippen MR) is 137 cm³/mol. The Morgan fingerprint density at radius 1 is 0.861 bits per heavy atom. The van der Waals surface area contributed by atoms with Crippen molar-refractivity contribution in [1.82, 2.24) is 9.80 Å². The number of benzene rings is 2. The van der Waals surface area contributed by atoms with E-state index in [-0.39, 0.29) is 11.6 Å². The van der Waals surface area contributed by atoms with E-state index in [0.29, 0.717) is 18.6 Å². The van der Waals surface area contributed by atoms with Crippen LogP contribution < -0.4 is 0 Å². The number of hydrogen-bond donors (Lipinski definition) is 1. The second-order valence-corrected chi connectivity index (χ2v) is 10.7. The fourth-order valence-corrected chi connectivity index (χ4v) is 4.68. The van der Waals surface area contributed by atoms with Crippen LogP contribution in [0.3, 0.4) is 0 Å². The van der Waals surface area contributed by atoms with Crippen LogP contribution in [-0.2, 0) is 14.9 Å². The number of nitrogens with zero attached hydrogens (tertiary/aromatic N) is 2. The maximum atomic E-state index is 13.5. The van der Waals surface area contributed by atoms with Gasteiger partial charge in [-0.1, -0.05) is 29.8 Å². The van der Waals surface area contributed by atoms with E-state index >= 15 is 0 Å². The zero-order valence-electron chi connectivity index (χ0n) is 20.6. The van der Waals surface area contributed by atoms with Crippen LogP contribution in [0, 0.1) is 11.6 Å². The number of halogens is 2. The lowest BCUT2D eigenvalue weighted by molar-refractivity contribution is -0.130. The van der Waals surface area contributed by atoms with Crippen molar-refractivity contribution < 1.29 is 26.5 Å². The normalized spacial score (nSPS) is 16.4. The molecule has 0 atom stereocenters. The van der Waals surface area contributed by atoms with Crippen LogP contribution in [0.2, 0.25) is 0 Å². The summed E-state index contributed by atoms with van der Waals surface area (Å²) in [5, 5.41) is 0. The molecule has 2 aromatic rings. The van der Waals surface area contributed by atoms with Gasteiger partial charge in [0.15, 0.2) is 0 Å². The third kappa shape index (κ3) is 9.11. The molecular formula is C27H34F2N2O4S. The highest BCUT2D eigenvalue weighted by Crippen LogP contribution is 2.32. The van der Waals surface area contributed by atoms with Gasteiger partial charge in [-0.15, -0.1) is 0 Å². The molecule has 1 N–H and O–H groups in total. The minimum absolute atomic E-state index is 0.259. The van der Waals surface area contributed by atoms with Crippen molar-refractivity contribution in [1.29, 1.82) is 0 Å². The lowest BCUT2D eigenvalue weighted by Crippen LogP contribution is -2.33.